The highest BCUT2D eigenvalue weighted by Crippen LogP contribution is 2.31. The number of carbonyl (C=O) groups is 1. The molecule has 0 aliphatic carbocycles. The molecule has 1 unspecified atom stereocenters. The third-order valence-corrected chi connectivity index (χ3v) is 3.98. The lowest BCUT2D eigenvalue weighted by Crippen LogP contribution is -2.21. The van der Waals surface area contributed by atoms with Gasteiger partial charge in [0.25, 0.3) is 0 Å². The van der Waals surface area contributed by atoms with Crippen LogP contribution in [-0.2, 0) is 6.18 Å². The number of hydrogen-bond donors (Lipinski definition) is 1. The first kappa shape index (κ1) is 17.7. The highest BCUT2D eigenvalue weighted by Gasteiger charge is 2.30. The molecule has 0 amide bonds. The summed E-state index contributed by atoms with van der Waals surface area (Å²) >= 11 is 0. The Bertz CT molecular complexity index is 859. The van der Waals surface area contributed by atoms with Crippen LogP contribution >= 0.6 is 0 Å². The van der Waals surface area contributed by atoms with Crippen LogP contribution in [0.3, 0.4) is 0 Å². The van der Waals surface area contributed by atoms with Gasteiger partial charge in [-0.05, 0) is 29.8 Å². The fraction of sp³-hybridized carbons (Fsp3) is 0.0952. The first-order chi connectivity index (χ1) is 12.4. The van der Waals surface area contributed by atoms with Crippen molar-refractivity contribution in [3.8, 4) is 0 Å². The zero-order valence-electron chi connectivity index (χ0n) is 13.7. The molecule has 132 valence electrons. The maximum absolute atomic E-state index is 12.9. The number of nitrogens with one attached hydrogen (secondary N) is 1. The molecule has 3 rings (SSSR count). The van der Waals surface area contributed by atoms with E-state index in [4.69, 9.17) is 0 Å². The summed E-state index contributed by atoms with van der Waals surface area (Å²) in [6.45, 7) is 0. The van der Waals surface area contributed by atoms with Crippen molar-refractivity contribution in [1.29, 1.82) is 0 Å². The molecule has 0 spiro atoms. The number of hydrogen-bond acceptors (Lipinski definition) is 2. The average molecular weight is 355 g/mol. The molecule has 0 aliphatic heterocycles. The standard InChI is InChI=1S/C21H16F3NO/c22-21(23,24)17-11-13-18(14-12-17)25-19(15-7-3-1-4-8-15)20(26)16-9-5-2-6-10-16/h1-14,19,25H. The Hall–Kier alpha value is -3.08. The minimum atomic E-state index is -4.39. The number of benzene rings is 3. The second-order valence-corrected chi connectivity index (χ2v) is 5.79. The largest absolute Gasteiger partial charge is 0.416 e. The van der Waals surface area contributed by atoms with Crippen LogP contribution in [-0.4, -0.2) is 5.78 Å². The first-order valence-electron chi connectivity index (χ1n) is 8.03. The maximum atomic E-state index is 12.9. The summed E-state index contributed by atoms with van der Waals surface area (Å²) in [4.78, 5) is 12.9. The number of Topliss-reactive ketones (excluding diaryl/α,β-unsaturated/α-hetero) is 1. The van der Waals surface area contributed by atoms with E-state index in [9.17, 15) is 18.0 Å². The molecule has 0 aliphatic rings. The number of rotatable bonds is 5. The monoisotopic (exact) mass is 355 g/mol. The fourth-order valence-corrected chi connectivity index (χ4v) is 2.64. The third kappa shape index (κ3) is 4.11. The lowest BCUT2D eigenvalue weighted by molar-refractivity contribution is -0.137. The van der Waals surface area contributed by atoms with E-state index in [1.807, 2.05) is 36.4 Å². The molecule has 26 heavy (non-hydrogen) atoms. The van der Waals surface area contributed by atoms with Crippen molar-refractivity contribution >= 4 is 11.5 Å². The number of halogens is 3. The summed E-state index contributed by atoms with van der Waals surface area (Å²) < 4.78 is 38.2. The van der Waals surface area contributed by atoms with Gasteiger partial charge in [-0.25, -0.2) is 0 Å². The van der Waals surface area contributed by atoms with Crippen molar-refractivity contribution in [2.24, 2.45) is 0 Å². The highest BCUT2D eigenvalue weighted by atomic mass is 19.4. The maximum Gasteiger partial charge on any atom is 0.416 e. The van der Waals surface area contributed by atoms with E-state index in [2.05, 4.69) is 5.32 Å². The molecular weight excluding hydrogens is 339 g/mol. The first-order valence-corrected chi connectivity index (χ1v) is 8.03. The summed E-state index contributed by atoms with van der Waals surface area (Å²) in [5.74, 6) is -0.156. The van der Waals surface area contributed by atoms with Crippen molar-refractivity contribution in [2.75, 3.05) is 5.32 Å². The molecule has 3 aromatic carbocycles. The molecule has 0 bridgehead atoms. The van der Waals surface area contributed by atoms with E-state index in [1.54, 1.807) is 24.3 Å². The summed E-state index contributed by atoms with van der Waals surface area (Å²) in [5, 5.41) is 3.06. The molecule has 0 heterocycles. The number of alkyl halides is 3. The normalized spacial score (nSPS) is 12.4. The van der Waals surface area contributed by atoms with Crippen molar-refractivity contribution in [1.82, 2.24) is 0 Å². The summed E-state index contributed by atoms with van der Waals surface area (Å²) in [6.07, 6.45) is -4.39. The molecular formula is C21H16F3NO. The molecule has 0 radical (unpaired) electrons. The smallest absolute Gasteiger partial charge is 0.371 e. The summed E-state index contributed by atoms with van der Waals surface area (Å²) in [7, 11) is 0. The fourth-order valence-electron chi connectivity index (χ4n) is 2.64. The minimum absolute atomic E-state index is 0.156. The Balaban J connectivity index is 1.91. The van der Waals surface area contributed by atoms with Gasteiger partial charge in [0.1, 0.15) is 6.04 Å². The number of ketones is 1. The quantitative estimate of drug-likeness (QED) is 0.591. The molecule has 0 aromatic heterocycles. The van der Waals surface area contributed by atoms with Crippen LogP contribution in [0.1, 0.15) is 27.5 Å². The zero-order valence-corrected chi connectivity index (χ0v) is 13.7. The Morgan fingerprint density at radius 1 is 0.769 bits per heavy atom. The topological polar surface area (TPSA) is 29.1 Å². The van der Waals surface area contributed by atoms with Crippen molar-refractivity contribution in [3.63, 3.8) is 0 Å². The van der Waals surface area contributed by atoms with Crippen LogP contribution in [0.25, 0.3) is 0 Å². The summed E-state index contributed by atoms with van der Waals surface area (Å²) in [5.41, 5.74) is 0.979. The number of carbonyl (C=O) groups excluding carboxylic acids is 1. The molecule has 1 atom stereocenters. The van der Waals surface area contributed by atoms with Gasteiger partial charge >= 0.3 is 6.18 Å². The molecule has 3 aromatic rings. The molecule has 0 saturated carbocycles. The van der Waals surface area contributed by atoms with E-state index in [1.165, 1.54) is 12.1 Å². The van der Waals surface area contributed by atoms with E-state index < -0.39 is 17.8 Å². The molecule has 0 saturated heterocycles. The minimum Gasteiger partial charge on any atom is -0.371 e. The highest BCUT2D eigenvalue weighted by molar-refractivity contribution is 6.02. The second kappa shape index (κ2) is 7.44. The van der Waals surface area contributed by atoms with Gasteiger partial charge in [-0.3, -0.25) is 4.79 Å². The molecule has 5 heteroatoms. The Morgan fingerprint density at radius 2 is 1.31 bits per heavy atom. The van der Waals surface area contributed by atoms with Gasteiger partial charge < -0.3 is 5.32 Å². The van der Waals surface area contributed by atoms with E-state index in [0.717, 1.165) is 17.7 Å². The average Bonchev–Trinajstić information content (AvgIpc) is 2.66. The van der Waals surface area contributed by atoms with Gasteiger partial charge in [-0.2, -0.15) is 13.2 Å². The second-order valence-electron chi connectivity index (χ2n) is 5.79. The van der Waals surface area contributed by atoms with E-state index >= 15 is 0 Å². The van der Waals surface area contributed by atoms with E-state index in [-0.39, 0.29) is 5.78 Å². The van der Waals surface area contributed by atoms with Gasteiger partial charge in [-0.1, -0.05) is 60.7 Å². The predicted octanol–water partition coefficient (Wildman–Crippen LogP) is 5.74. The third-order valence-electron chi connectivity index (χ3n) is 3.98. The molecule has 1 N–H and O–H groups in total. The van der Waals surface area contributed by atoms with Crippen LogP contribution in [0, 0.1) is 0 Å². The van der Waals surface area contributed by atoms with Crippen LogP contribution in [0.4, 0.5) is 18.9 Å². The van der Waals surface area contributed by atoms with Crippen LogP contribution in [0.2, 0.25) is 0 Å². The lowest BCUT2D eigenvalue weighted by Gasteiger charge is -2.20. The number of anilines is 1. The van der Waals surface area contributed by atoms with Gasteiger partial charge in [0.05, 0.1) is 5.56 Å². The molecule has 0 fully saturated rings. The Morgan fingerprint density at radius 3 is 1.85 bits per heavy atom. The summed E-state index contributed by atoms with van der Waals surface area (Å²) in [6, 6.07) is 21.8. The van der Waals surface area contributed by atoms with Crippen molar-refractivity contribution in [2.45, 2.75) is 12.2 Å². The SMILES string of the molecule is O=C(c1ccccc1)C(Nc1ccc(C(F)(F)F)cc1)c1ccccc1. The molecule has 2 nitrogen and oxygen atoms in total. The Kier molecular flexibility index (Phi) is 5.07. The van der Waals surface area contributed by atoms with Gasteiger partial charge in [0.15, 0.2) is 5.78 Å². The van der Waals surface area contributed by atoms with Crippen LogP contribution in [0.15, 0.2) is 84.9 Å². The van der Waals surface area contributed by atoms with Gasteiger partial charge in [0, 0.05) is 11.3 Å². The van der Waals surface area contributed by atoms with Gasteiger partial charge in [-0.15, -0.1) is 0 Å². The van der Waals surface area contributed by atoms with Crippen LogP contribution < -0.4 is 5.32 Å². The predicted molar refractivity (Wildman–Crippen MR) is 95.0 cm³/mol. The zero-order chi connectivity index (χ0) is 18.6. The van der Waals surface area contributed by atoms with E-state index in [0.29, 0.717) is 11.3 Å². The van der Waals surface area contributed by atoms with Crippen molar-refractivity contribution < 1.29 is 18.0 Å². The lowest BCUT2D eigenvalue weighted by atomic mass is 9.97. The van der Waals surface area contributed by atoms with Crippen LogP contribution in [0.5, 0.6) is 0 Å². The van der Waals surface area contributed by atoms with Gasteiger partial charge in [0.2, 0.25) is 0 Å². The van der Waals surface area contributed by atoms with Crippen molar-refractivity contribution in [3.05, 3.63) is 102 Å². The Labute approximate surface area is 149 Å².